The van der Waals surface area contributed by atoms with Crippen LogP contribution in [-0.2, 0) is 14.3 Å². The van der Waals surface area contributed by atoms with E-state index in [1.807, 2.05) is 57.2 Å². The molecule has 0 aromatic heterocycles. The molecule has 26 heavy (non-hydrogen) atoms. The smallest absolute Gasteiger partial charge is 0.410 e. The van der Waals surface area contributed by atoms with Gasteiger partial charge in [0, 0.05) is 13.5 Å². The van der Waals surface area contributed by atoms with Crippen LogP contribution in [0.25, 0.3) is 10.8 Å². The predicted octanol–water partition coefficient (Wildman–Crippen LogP) is 4.70. The zero-order valence-electron chi connectivity index (χ0n) is 16.1. The van der Waals surface area contributed by atoms with Crippen molar-refractivity contribution >= 4 is 22.8 Å². The highest BCUT2D eigenvalue weighted by Crippen LogP contribution is 2.29. The Bertz CT molecular complexity index is 779. The second-order valence-corrected chi connectivity index (χ2v) is 7.33. The molecule has 5 heteroatoms. The molecule has 0 heterocycles. The summed E-state index contributed by atoms with van der Waals surface area (Å²) in [7, 11) is 3.07. The van der Waals surface area contributed by atoms with Gasteiger partial charge in [-0.05, 0) is 49.6 Å². The molecular formula is C21H27NO4. The summed E-state index contributed by atoms with van der Waals surface area (Å²) < 4.78 is 10.2. The van der Waals surface area contributed by atoms with Crippen LogP contribution in [0.1, 0.15) is 45.2 Å². The van der Waals surface area contributed by atoms with E-state index in [1.165, 1.54) is 7.11 Å². The van der Waals surface area contributed by atoms with E-state index >= 15 is 0 Å². The summed E-state index contributed by atoms with van der Waals surface area (Å²) in [5.41, 5.74) is 0.378. The molecule has 0 saturated carbocycles. The fraction of sp³-hybridized carbons (Fsp3) is 0.429. The highest BCUT2D eigenvalue weighted by molar-refractivity contribution is 5.83. The van der Waals surface area contributed by atoms with Gasteiger partial charge in [0.15, 0.2) is 0 Å². The number of fused-ring (bicyclic) bond motifs is 1. The number of ether oxygens (including phenoxy) is 2. The van der Waals surface area contributed by atoms with Crippen LogP contribution < -0.4 is 0 Å². The molecule has 0 aliphatic carbocycles. The molecule has 1 atom stereocenters. The number of amides is 1. The van der Waals surface area contributed by atoms with Crippen molar-refractivity contribution in [2.75, 3.05) is 14.2 Å². The van der Waals surface area contributed by atoms with Crippen LogP contribution in [0.15, 0.2) is 42.5 Å². The quantitative estimate of drug-likeness (QED) is 0.728. The molecule has 0 aliphatic heterocycles. The van der Waals surface area contributed by atoms with E-state index in [4.69, 9.17) is 9.47 Å². The number of carbonyl (C=O) groups is 2. The largest absolute Gasteiger partial charge is 0.469 e. The highest BCUT2D eigenvalue weighted by Gasteiger charge is 2.27. The van der Waals surface area contributed by atoms with E-state index < -0.39 is 11.7 Å². The van der Waals surface area contributed by atoms with Gasteiger partial charge in [0.05, 0.1) is 13.2 Å². The van der Waals surface area contributed by atoms with Gasteiger partial charge in [-0.2, -0.15) is 0 Å². The van der Waals surface area contributed by atoms with Gasteiger partial charge >= 0.3 is 12.1 Å². The molecule has 1 amide bonds. The maximum absolute atomic E-state index is 12.5. The van der Waals surface area contributed by atoms with Crippen molar-refractivity contribution in [3.63, 3.8) is 0 Å². The molecule has 0 spiro atoms. The van der Waals surface area contributed by atoms with Gasteiger partial charge in [-0.25, -0.2) is 4.79 Å². The maximum Gasteiger partial charge on any atom is 0.410 e. The Hall–Kier alpha value is -2.56. The summed E-state index contributed by atoms with van der Waals surface area (Å²) in [6.07, 6.45) is 0.266. The minimum absolute atomic E-state index is 0.223. The third-order valence-electron chi connectivity index (χ3n) is 4.16. The van der Waals surface area contributed by atoms with Gasteiger partial charge in [-0.1, -0.05) is 36.4 Å². The lowest BCUT2D eigenvalue weighted by atomic mass is 9.97. The number of methoxy groups -OCH3 is 1. The molecule has 2 rings (SSSR count). The molecule has 1 unspecified atom stereocenters. The van der Waals surface area contributed by atoms with Crippen molar-refractivity contribution in [3.05, 3.63) is 48.0 Å². The van der Waals surface area contributed by atoms with Crippen molar-refractivity contribution in [2.45, 2.75) is 45.3 Å². The molecule has 140 valence electrons. The lowest BCUT2D eigenvalue weighted by Crippen LogP contribution is -2.37. The lowest BCUT2D eigenvalue weighted by Gasteiger charge is -2.31. The second kappa shape index (κ2) is 8.21. The van der Waals surface area contributed by atoms with E-state index in [1.54, 1.807) is 11.9 Å². The first-order valence-corrected chi connectivity index (χ1v) is 8.72. The average molecular weight is 357 g/mol. The summed E-state index contributed by atoms with van der Waals surface area (Å²) in [6, 6.07) is 13.8. The van der Waals surface area contributed by atoms with Gasteiger partial charge in [0.25, 0.3) is 0 Å². The van der Waals surface area contributed by atoms with Crippen LogP contribution in [0.4, 0.5) is 4.79 Å². The van der Waals surface area contributed by atoms with Gasteiger partial charge in [0.2, 0.25) is 0 Å². The fourth-order valence-electron chi connectivity index (χ4n) is 2.82. The Kier molecular flexibility index (Phi) is 6.24. The molecule has 2 aromatic carbocycles. The Morgan fingerprint density at radius 2 is 1.73 bits per heavy atom. The average Bonchev–Trinajstić information content (AvgIpc) is 2.59. The summed E-state index contributed by atoms with van der Waals surface area (Å²) in [4.78, 5) is 25.7. The molecule has 0 saturated heterocycles. The number of hydrogen-bond acceptors (Lipinski definition) is 4. The summed E-state index contributed by atoms with van der Waals surface area (Å²) in [6.45, 7) is 5.49. The van der Waals surface area contributed by atoms with Crippen LogP contribution in [0, 0.1) is 0 Å². The van der Waals surface area contributed by atoms with E-state index in [0.717, 1.165) is 16.3 Å². The zero-order chi connectivity index (χ0) is 19.3. The van der Waals surface area contributed by atoms with Gasteiger partial charge < -0.3 is 14.4 Å². The summed E-state index contributed by atoms with van der Waals surface area (Å²) in [5.74, 6) is -0.298. The van der Waals surface area contributed by atoms with Crippen LogP contribution >= 0.6 is 0 Å². The normalized spacial score (nSPS) is 12.5. The third-order valence-corrected chi connectivity index (χ3v) is 4.16. The Labute approximate surface area is 154 Å². The predicted molar refractivity (Wildman–Crippen MR) is 102 cm³/mol. The van der Waals surface area contributed by atoms with Crippen LogP contribution in [0.3, 0.4) is 0 Å². The van der Waals surface area contributed by atoms with E-state index in [-0.39, 0.29) is 18.4 Å². The minimum atomic E-state index is -0.582. The summed E-state index contributed by atoms with van der Waals surface area (Å²) >= 11 is 0. The van der Waals surface area contributed by atoms with Crippen molar-refractivity contribution in [1.82, 2.24) is 4.90 Å². The van der Waals surface area contributed by atoms with Crippen LogP contribution in [-0.4, -0.2) is 36.7 Å². The molecule has 0 bridgehead atoms. The number of hydrogen-bond donors (Lipinski definition) is 0. The Morgan fingerprint density at radius 3 is 2.35 bits per heavy atom. The van der Waals surface area contributed by atoms with Gasteiger partial charge in [-0.15, -0.1) is 0 Å². The van der Waals surface area contributed by atoms with E-state index in [2.05, 4.69) is 6.07 Å². The molecule has 0 N–H and O–H groups in total. The second-order valence-electron chi connectivity index (χ2n) is 7.33. The lowest BCUT2D eigenvalue weighted by molar-refractivity contribution is -0.141. The number of benzene rings is 2. The number of nitrogens with zero attached hydrogens (tertiary/aromatic N) is 1. The maximum atomic E-state index is 12.5. The standard InChI is InChI=1S/C21H27NO4/c1-21(2,3)26-20(24)22(4)18(12-13-19(23)25-5)17-11-10-15-8-6-7-9-16(15)14-17/h6-11,14,18H,12-13H2,1-5H3. The molecule has 0 aliphatic rings. The highest BCUT2D eigenvalue weighted by atomic mass is 16.6. The van der Waals surface area contributed by atoms with E-state index in [0.29, 0.717) is 6.42 Å². The zero-order valence-corrected chi connectivity index (χ0v) is 16.1. The topological polar surface area (TPSA) is 55.8 Å². The first-order chi connectivity index (χ1) is 12.2. The molecule has 5 nitrogen and oxygen atoms in total. The first kappa shape index (κ1) is 19.8. The van der Waals surface area contributed by atoms with Crippen molar-refractivity contribution in [1.29, 1.82) is 0 Å². The van der Waals surface area contributed by atoms with E-state index in [9.17, 15) is 9.59 Å². The molecular weight excluding hydrogens is 330 g/mol. The number of rotatable bonds is 5. The molecule has 0 fully saturated rings. The molecule has 0 radical (unpaired) electrons. The monoisotopic (exact) mass is 357 g/mol. The minimum Gasteiger partial charge on any atom is -0.469 e. The first-order valence-electron chi connectivity index (χ1n) is 8.72. The Balaban J connectivity index is 2.32. The van der Waals surface area contributed by atoms with Crippen molar-refractivity contribution in [2.24, 2.45) is 0 Å². The van der Waals surface area contributed by atoms with Crippen LogP contribution in [0.5, 0.6) is 0 Å². The third kappa shape index (κ3) is 5.22. The van der Waals surface area contributed by atoms with Gasteiger partial charge in [0.1, 0.15) is 5.60 Å². The van der Waals surface area contributed by atoms with Crippen molar-refractivity contribution in [3.8, 4) is 0 Å². The fourth-order valence-corrected chi connectivity index (χ4v) is 2.82. The van der Waals surface area contributed by atoms with Crippen LogP contribution in [0.2, 0.25) is 0 Å². The summed E-state index contributed by atoms with van der Waals surface area (Å²) in [5, 5.41) is 2.22. The van der Waals surface area contributed by atoms with Crippen molar-refractivity contribution < 1.29 is 19.1 Å². The number of esters is 1. The van der Waals surface area contributed by atoms with Gasteiger partial charge in [-0.3, -0.25) is 4.79 Å². The molecule has 2 aromatic rings. The number of carbonyl (C=O) groups excluding carboxylic acids is 2. The Morgan fingerprint density at radius 1 is 1.08 bits per heavy atom. The SMILES string of the molecule is COC(=O)CCC(c1ccc2ccccc2c1)N(C)C(=O)OC(C)(C)C.